The van der Waals surface area contributed by atoms with Crippen molar-refractivity contribution in [3.63, 3.8) is 0 Å². The van der Waals surface area contributed by atoms with E-state index >= 15 is 0 Å². The summed E-state index contributed by atoms with van der Waals surface area (Å²) in [5, 5.41) is 11.2. The lowest BCUT2D eigenvalue weighted by Gasteiger charge is -2.23. The molecular weight excluding hydrogens is 282 g/mol. The molecule has 0 aliphatic heterocycles. The first kappa shape index (κ1) is 18.0. The third-order valence-electron chi connectivity index (χ3n) is 3.19. The molecule has 22 heavy (non-hydrogen) atoms. The van der Waals surface area contributed by atoms with Gasteiger partial charge in [-0.1, -0.05) is 38.5 Å². The van der Waals surface area contributed by atoms with Gasteiger partial charge in [0.1, 0.15) is 12.4 Å². The van der Waals surface area contributed by atoms with Gasteiger partial charge in [0.15, 0.2) is 0 Å². The molecule has 0 saturated carbocycles. The highest BCUT2D eigenvalue weighted by Crippen LogP contribution is 2.31. The summed E-state index contributed by atoms with van der Waals surface area (Å²) < 4.78 is 5.76. The molecule has 0 fully saturated rings. The Morgan fingerprint density at radius 1 is 1.23 bits per heavy atom. The van der Waals surface area contributed by atoms with Crippen LogP contribution in [0.1, 0.15) is 44.7 Å². The maximum Gasteiger partial charge on any atom is 0.303 e. The lowest BCUT2D eigenvalue weighted by Crippen LogP contribution is -2.28. The standard InChI is InChI=1S/C17H25NO4/c1-12-5-6-14(13(11-12)17(2,3)4)22-10-9-18-15(19)7-8-16(20)21/h5-6,11H,7-10H2,1-4H3,(H,18,19)(H,20,21). The van der Waals surface area contributed by atoms with Gasteiger partial charge in [0, 0.05) is 6.42 Å². The van der Waals surface area contributed by atoms with E-state index in [1.807, 2.05) is 19.1 Å². The monoisotopic (exact) mass is 307 g/mol. The zero-order chi connectivity index (χ0) is 16.8. The molecule has 1 aromatic rings. The molecule has 0 radical (unpaired) electrons. The second-order valence-electron chi connectivity index (χ2n) is 6.34. The molecule has 0 aromatic heterocycles. The van der Waals surface area contributed by atoms with E-state index in [0.717, 1.165) is 11.3 Å². The summed E-state index contributed by atoms with van der Waals surface area (Å²) >= 11 is 0. The number of hydrogen-bond acceptors (Lipinski definition) is 3. The number of nitrogens with one attached hydrogen (secondary N) is 1. The number of carbonyl (C=O) groups excluding carboxylic acids is 1. The van der Waals surface area contributed by atoms with Crippen molar-refractivity contribution in [3.8, 4) is 5.75 Å². The number of carboxylic acid groups (broad SMARTS) is 1. The van der Waals surface area contributed by atoms with Crippen LogP contribution in [0.25, 0.3) is 0 Å². The van der Waals surface area contributed by atoms with Crippen molar-refractivity contribution in [1.82, 2.24) is 5.32 Å². The van der Waals surface area contributed by atoms with E-state index in [1.165, 1.54) is 5.56 Å². The molecule has 1 rings (SSSR count). The molecule has 0 bridgehead atoms. The van der Waals surface area contributed by atoms with Crippen LogP contribution in [0.15, 0.2) is 18.2 Å². The fourth-order valence-corrected chi connectivity index (χ4v) is 2.02. The first-order valence-electron chi connectivity index (χ1n) is 7.42. The molecule has 0 aliphatic carbocycles. The van der Waals surface area contributed by atoms with E-state index in [4.69, 9.17) is 9.84 Å². The zero-order valence-electron chi connectivity index (χ0n) is 13.7. The second-order valence-corrected chi connectivity index (χ2v) is 6.34. The van der Waals surface area contributed by atoms with Crippen LogP contribution in [-0.2, 0) is 15.0 Å². The molecule has 1 aromatic carbocycles. The van der Waals surface area contributed by atoms with Gasteiger partial charge in [-0.05, 0) is 24.0 Å². The predicted molar refractivity (Wildman–Crippen MR) is 85.3 cm³/mol. The number of hydrogen-bond donors (Lipinski definition) is 2. The van der Waals surface area contributed by atoms with Gasteiger partial charge in [-0.15, -0.1) is 0 Å². The number of amides is 1. The normalized spacial score (nSPS) is 11.1. The molecular formula is C17H25NO4. The summed E-state index contributed by atoms with van der Waals surface area (Å²) in [6.07, 6.45) is -0.161. The van der Waals surface area contributed by atoms with Crippen LogP contribution in [0, 0.1) is 6.92 Å². The number of benzene rings is 1. The topological polar surface area (TPSA) is 75.6 Å². The van der Waals surface area contributed by atoms with Crippen LogP contribution in [0.3, 0.4) is 0 Å². The van der Waals surface area contributed by atoms with Gasteiger partial charge in [-0.2, -0.15) is 0 Å². The molecule has 5 heteroatoms. The lowest BCUT2D eigenvalue weighted by atomic mass is 9.85. The average Bonchev–Trinajstić information content (AvgIpc) is 2.41. The van der Waals surface area contributed by atoms with Gasteiger partial charge in [0.2, 0.25) is 5.91 Å². The van der Waals surface area contributed by atoms with E-state index in [9.17, 15) is 9.59 Å². The van der Waals surface area contributed by atoms with Gasteiger partial charge in [-0.25, -0.2) is 0 Å². The van der Waals surface area contributed by atoms with Gasteiger partial charge < -0.3 is 15.2 Å². The molecule has 122 valence electrons. The van der Waals surface area contributed by atoms with Gasteiger partial charge in [0.25, 0.3) is 0 Å². The minimum atomic E-state index is -0.971. The molecule has 0 saturated heterocycles. The number of rotatable bonds is 7. The van der Waals surface area contributed by atoms with Gasteiger partial charge in [-0.3, -0.25) is 9.59 Å². The number of carboxylic acids is 1. The Bertz CT molecular complexity index is 532. The number of aryl methyl sites for hydroxylation is 1. The van der Waals surface area contributed by atoms with E-state index in [1.54, 1.807) is 0 Å². The second kappa shape index (κ2) is 7.82. The maximum absolute atomic E-state index is 11.4. The molecule has 0 unspecified atom stereocenters. The Morgan fingerprint density at radius 2 is 1.91 bits per heavy atom. The van der Waals surface area contributed by atoms with Crippen molar-refractivity contribution in [2.24, 2.45) is 0 Å². The Balaban J connectivity index is 2.49. The fraction of sp³-hybridized carbons (Fsp3) is 0.529. The highest BCUT2D eigenvalue weighted by atomic mass is 16.5. The van der Waals surface area contributed by atoms with Crippen molar-refractivity contribution in [2.75, 3.05) is 13.2 Å². The largest absolute Gasteiger partial charge is 0.491 e. The minimum Gasteiger partial charge on any atom is -0.491 e. The van der Waals surface area contributed by atoms with Crippen molar-refractivity contribution < 1.29 is 19.4 Å². The molecule has 2 N–H and O–H groups in total. The van der Waals surface area contributed by atoms with Gasteiger partial charge in [0.05, 0.1) is 13.0 Å². The van der Waals surface area contributed by atoms with Crippen LogP contribution in [-0.4, -0.2) is 30.1 Å². The van der Waals surface area contributed by atoms with E-state index in [-0.39, 0.29) is 24.2 Å². The average molecular weight is 307 g/mol. The summed E-state index contributed by atoms with van der Waals surface area (Å²) in [6, 6.07) is 6.05. The van der Waals surface area contributed by atoms with Crippen LogP contribution >= 0.6 is 0 Å². The molecule has 0 aliphatic rings. The number of aliphatic carboxylic acids is 1. The van der Waals surface area contributed by atoms with Gasteiger partial charge >= 0.3 is 5.97 Å². The van der Waals surface area contributed by atoms with Crippen LogP contribution < -0.4 is 10.1 Å². The Hall–Kier alpha value is -2.04. The van der Waals surface area contributed by atoms with Crippen molar-refractivity contribution in [3.05, 3.63) is 29.3 Å². The molecule has 5 nitrogen and oxygen atoms in total. The summed E-state index contributed by atoms with van der Waals surface area (Å²) in [4.78, 5) is 21.8. The SMILES string of the molecule is Cc1ccc(OCCNC(=O)CCC(=O)O)c(C(C)(C)C)c1. The third kappa shape index (κ3) is 6.16. The van der Waals surface area contributed by atoms with Crippen molar-refractivity contribution >= 4 is 11.9 Å². The molecule has 0 atom stereocenters. The van der Waals surface area contributed by atoms with E-state index < -0.39 is 5.97 Å². The molecule has 0 spiro atoms. The number of ether oxygens (including phenoxy) is 1. The summed E-state index contributed by atoms with van der Waals surface area (Å²) in [6.45, 7) is 9.13. The predicted octanol–water partition coefficient (Wildman–Crippen LogP) is 2.65. The van der Waals surface area contributed by atoms with Crippen molar-refractivity contribution in [2.45, 2.75) is 46.0 Å². The molecule has 0 heterocycles. The summed E-state index contributed by atoms with van der Waals surface area (Å²) in [7, 11) is 0. The first-order valence-corrected chi connectivity index (χ1v) is 7.42. The van der Waals surface area contributed by atoms with Crippen LogP contribution in [0.5, 0.6) is 5.75 Å². The maximum atomic E-state index is 11.4. The van der Waals surface area contributed by atoms with E-state index in [0.29, 0.717) is 13.2 Å². The molecule has 1 amide bonds. The van der Waals surface area contributed by atoms with Crippen LogP contribution in [0.4, 0.5) is 0 Å². The number of carbonyl (C=O) groups is 2. The Morgan fingerprint density at radius 3 is 2.50 bits per heavy atom. The minimum absolute atomic E-state index is 0.00684. The van der Waals surface area contributed by atoms with E-state index in [2.05, 4.69) is 32.2 Å². The first-order chi connectivity index (χ1) is 10.2. The lowest BCUT2D eigenvalue weighted by molar-refractivity contribution is -0.138. The van der Waals surface area contributed by atoms with Crippen molar-refractivity contribution in [1.29, 1.82) is 0 Å². The zero-order valence-corrected chi connectivity index (χ0v) is 13.7. The Labute approximate surface area is 131 Å². The quantitative estimate of drug-likeness (QED) is 0.759. The highest BCUT2D eigenvalue weighted by Gasteiger charge is 2.19. The smallest absolute Gasteiger partial charge is 0.303 e. The fourth-order valence-electron chi connectivity index (χ4n) is 2.02. The third-order valence-corrected chi connectivity index (χ3v) is 3.19. The highest BCUT2D eigenvalue weighted by molar-refractivity contribution is 5.80. The summed E-state index contributed by atoms with van der Waals surface area (Å²) in [5.74, 6) is -0.426. The Kier molecular flexibility index (Phi) is 6.40. The van der Waals surface area contributed by atoms with Crippen LogP contribution in [0.2, 0.25) is 0 Å². The summed E-state index contributed by atoms with van der Waals surface area (Å²) in [5.41, 5.74) is 2.29.